The molecule has 0 atom stereocenters. The average Bonchev–Trinajstić information content (AvgIpc) is 2.53. The molecule has 1 aliphatic rings. The zero-order valence-corrected chi connectivity index (χ0v) is 8.06. The van der Waals surface area contributed by atoms with Gasteiger partial charge in [0.1, 0.15) is 6.10 Å². The second kappa shape index (κ2) is 3.13. The minimum Gasteiger partial charge on any atom is -0.457 e. The predicted octanol–water partition coefficient (Wildman–Crippen LogP) is 0.923. The van der Waals surface area contributed by atoms with Gasteiger partial charge in [0.15, 0.2) is 0 Å². The van der Waals surface area contributed by atoms with Crippen LogP contribution in [0.2, 0.25) is 0 Å². The summed E-state index contributed by atoms with van der Waals surface area (Å²) in [7, 11) is 0. The molecule has 15 heavy (non-hydrogen) atoms. The van der Waals surface area contributed by atoms with E-state index in [4.69, 9.17) is 15.2 Å². The lowest BCUT2D eigenvalue weighted by Crippen LogP contribution is -2.38. The van der Waals surface area contributed by atoms with Crippen LogP contribution in [0, 0.1) is 0 Å². The number of nitrogens with one attached hydrogen (secondary N) is 1. The van der Waals surface area contributed by atoms with Crippen LogP contribution in [0.5, 0.6) is 6.01 Å². The topological polar surface area (TPSA) is 73.2 Å². The molecule has 2 heterocycles. The molecule has 0 bridgehead atoms. The van der Waals surface area contributed by atoms with E-state index >= 15 is 0 Å². The summed E-state index contributed by atoms with van der Waals surface area (Å²) >= 11 is 0. The maximum Gasteiger partial charge on any atom is 0.295 e. The Morgan fingerprint density at radius 2 is 2.33 bits per heavy atom. The summed E-state index contributed by atoms with van der Waals surface area (Å²) in [5.74, 6) is 0. The van der Waals surface area contributed by atoms with Gasteiger partial charge in [0.25, 0.3) is 6.01 Å². The summed E-state index contributed by atoms with van der Waals surface area (Å²) < 4.78 is 10.6. The van der Waals surface area contributed by atoms with Crippen molar-refractivity contribution in [3.63, 3.8) is 0 Å². The van der Waals surface area contributed by atoms with Gasteiger partial charge in [0.05, 0.1) is 24.2 Å². The molecule has 1 saturated heterocycles. The number of nitrogen functional groups attached to an aromatic ring is 1. The number of fused-ring (bicyclic) bond motifs is 1. The number of hydrogen-bond acceptors (Lipinski definition) is 4. The highest BCUT2D eigenvalue weighted by atomic mass is 16.6. The molecule has 1 fully saturated rings. The van der Waals surface area contributed by atoms with Gasteiger partial charge in [-0.1, -0.05) is 0 Å². The quantitative estimate of drug-likeness (QED) is 0.715. The number of benzene rings is 1. The normalized spacial score (nSPS) is 16.5. The van der Waals surface area contributed by atoms with E-state index < -0.39 is 0 Å². The van der Waals surface area contributed by atoms with Gasteiger partial charge in [0, 0.05) is 5.69 Å². The first-order valence-electron chi connectivity index (χ1n) is 4.81. The Kier molecular flexibility index (Phi) is 1.78. The van der Waals surface area contributed by atoms with Gasteiger partial charge in [0.2, 0.25) is 0 Å². The lowest BCUT2D eigenvalue weighted by atomic mass is 10.3. The highest BCUT2D eigenvalue weighted by Crippen LogP contribution is 2.20. The standard InChI is InChI=1S/C10H11N3O2/c11-6-1-2-8-9(3-6)13-10(12-8)15-7-4-14-5-7/h1-3,7H,4-5,11H2,(H,12,13). The minimum absolute atomic E-state index is 0.128. The molecule has 5 heteroatoms. The molecule has 3 N–H and O–H groups in total. The average molecular weight is 205 g/mol. The third-order valence-electron chi connectivity index (χ3n) is 2.37. The molecule has 0 unspecified atom stereocenters. The van der Waals surface area contributed by atoms with Crippen molar-refractivity contribution in [2.24, 2.45) is 0 Å². The van der Waals surface area contributed by atoms with Crippen molar-refractivity contribution in [3.05, 3.63) is 18.2 Å². The Morgan fingerprint density at radius 3 is 3.07 bits per heavy atom. The van der Waals surface area contributed by atoms with Gasteiger partial charge in [-0.3, -0.25) is 0 Å². The fourth-order valence-electron chi connectivity index (χ4n) is 1.50. The summed E-state index contributed by atoms with van der Waals surface area (Å²) in [5.41, 5.74) is 8.13. The molecular formula is C10H11N3O2. The fourth-order valence-corrected chi connectivity index (χ4v) is 1.50. The lowest BCUT2D eigenvalue weighted by Gasteiger charge is -2.25. The molecule has 78 valence electrons. The number of hydrogen-bond donors (Lipinski definition) is 2. The molecule has 2 aromatic rings. The number of imidazole rings is 1. The van der Waals surface area contributed by atoms with Crippen LogP contribution >= 0.6 is 0 Å². The fraction of sp³-hybridized carbons (Fsp3) is 0.300. The van der Waals surface area contributed by atoms with E-state index in [-0.39, 0.29) is 6.10 Å². The summed E-state index contributed by atoms with van der Waals surface area (Å²) in [4.78, 5) is 7.35. The van der Waals surface area contributed by atoms with E-state index in [0.29, 0.717) is 24.9 Å². The maximum absolute atomic E-state index is 5.66. The molecule has 0 radical (unpaired) electrons. The second-order valence-corrected chi connectivity index (χ2v) is 3.60. The molecule has 1 aliphatic heterocycles. The van der Waals surface area contributed by atoms with Crippen LogP contribution in [0.4, 0.5) is 5.69 Å². The van der Waals surface area contributed by atoms with Gasteiger partial charge >= 0.3 is 0 Å². The van der Waals surface area contributed by atoms with Crippen molar-refractivity contribution >= 4 is 16.7 Å². The number of anilines is 1. The van der Waals surface area contributed by atoms with Crippen LogP contribution in [0.25, 0.3) is 11.0 Å². The van der Waals surface area contributed by atoms with E-state index in [2.05, 4.69) is 9.97 Å². The molecular weight excluding hydrogens is 194 g/mol. The van der Waals surface area contributed by atoms with E-state index in [1.807, 2.05) is 18.2 Å². The highest BCUT2D eigenvalue weighted by Gasteiger charge is 2.21. The Labute approximate surface area is 86.2 Å². The number of aromatic amines is 1. The van der Waals surface area contributed by atoms with Crippen LogP contribution in [0.3, 0.4) is 0 Å². The van der Waals surface area contributed by atoms with Gasteiger partial charge in [-0.25, -0.2) is 0 Å². The van der Waals surface area contributed by atoms with Gasteiger partial charge in [-0.2, -0.15) is 4.98 Å². The molecule has 3 rings (SSSR count). The van der Waals surface area contributed by atoms with Crippen molar-refractivity contribution in [3.8, 4) is 6.01 Å². The first-order valence-corrected chi connectivity index (χ1v) is 4.81. The van der Waals surface area contributed by atoms with Crippen LogP contribution < -0.4 is 10.5 Å². The smallest absolute Gasteiger partial charge is 0.295 e. The Balaban J connectivity index is 1.91. The van der Waals surface area contributed by atoms with E-state index in [0.717, 1.165) is 11.0 Å². The number of H-pyrrole nitrogens is 1. The first kappa shape index (κ1) is 8.55. The van der Waals surface area contributed by atoms with Crippen LogP contribution in [0.15, 0.2) is 18.2 Å². The first-order chi connectivity index (χ1) is 7.31. The third-order valence-corrected chi connectivity index (χ3v) is 2.37. The van der Waals surface area contributed by atoms with Crippen molar-refractivity contribution in [1.82, 2.24) is 9.97 Å². The zero-order chi connectivity index (χ0) is 10.3. The van der Waals surface area contributed by atoms with Crippen molar-refractivity contribution in [2.75, 3.05) is 18.9 Å². The number of rotatable bonds is 2. The number of nitrogens with zero attached hydrogens (tertiary/aromatic N) is 1. The number of nitrogens with two attached hydrogens (primary N) is 1. The van der Waals surface area contributed by atoms with Crippen molar-refractivity contribution in [1.29, 1.82) is 0 Å². The molecule has 0 spiro atoms. The molecule has 0 saturated carbocycles. The summed E-state index contributed by atoms with van der Waals surface area (Å²) in [6, 6.07) is 6.06. The second-order valence-electron chi connectivity index (χ2n) is 3.60. The number of aromatic nitrogens is 2. The third kappa shape index (κ3) is 1.50. The highest BCUT2D eigenvalue weighted by molar-refractivity contribution is 5.79. The van der Waals surface area contributed by atoms with Crippen LogP contribution in [-0.4, -0.2) is 29.3 Å². The summed E-state index contributed by atoms with van der Waals surface area (Å²) in [5, 5.41) is 0. The van der Waals surface area contributed by atoms with E-state index in [1.54, 1.807) is 0 Å². The number of ether oxygens (including phenoxy) is 2. The monoisotopic (exact) mass is 205 g/mol. The largest absolute Gasteiger partial charge is 0.457 e. The predicted molar refractivity (Wildman–Crippen MR) is 55.7 cm³/mol. The summed E-state index contributed by atoms with van der Waals surface area (Å²) in [6.07, 6.45) is 0.128. The molecule has 1 aromatic carbocycles. The minimum atomic E-state index is 0.128. The van der Waals surface area contributed by atoms with Crippen molar-refractivity contribution < 1.29 is 9.47 Å². The van der Waals surface area contributed by atoms with Gasteiger partial charge in [-0.15, -0.1) is 0 Å². The Hall–Kier alpha value is -1.75. The van der Waals surface area contributed by atoms with Gasteiger partial charge < -0.3 is 20.2 Å². The van der Waals surface area contributed by atoms with Gasteiger partial charge in [-0.05, 0) is 18.2 Å². The Bertz CT molecular complexity index is 490. The Morgan fingerprint density at radius 1 is 1.47 bits per heavy atom. The van der Waals surface area contributed by atoms with Crippen molar-refractivity contribution in [2.45, 2.75) is 6.10 Å². The van der Waals surface area contributed by atoms with Crippen LogP contribution in [-0.2, 0) is 4.74 Å². The molecule has 1 aromatic heterocycles. The lowest BCUT2D eigenvalue weighted by molar-refractivity contribution is -0.0827. The maximum atomic E-state index is 5.66. The summed E-state index contributed by atoms with van der Waals surface area (Å²) in [6.45, 7) is 1.28. The molecule has 5 nitrogen and oxygen atoms in total. The van der Waals surface area contributed by atoms with E-state index in [1.165, 1.54) is 0 Å². The van der Waals surface area contributed by atoms with Crippen LogP contribution in [0.1, 0.15) is 0 Å². The molecule has 0 aliphatic carbocycles. The van der Waals surface area contributed by atoms with E-state index in [9.17, 15) is 0 Å². The molecule has 0 amide bonds. The SMILES string of the molecule is Nc1ccc2nc(OC3COC3)[nH]c2c1. The zero-order valence-electron chi connectivity index (χ0n) is 8.06.